The smallest absolute Gasteiger partial charge is 0.177 e. The third-order valence-electron chi connectivity index (χ3n) is 7.49. The molecule has 1 aliphatic carbocycles. The van der Waals surface area contributed by atoms with Crippen molar-refractivity contribution in [3.63, 3.8) is 0 Å². The van der Waals surface area contributed by atoms with E-state index in [-0.39, 0.29) is 5.41 Å². The van der Waals surface area contributed by atoms with Gasteiger partial charge in [0, 0.05) is 30.6 Å². The molecule has 0 radical (unpaired) electrons. The van der Waals surface area contributed by atoms with E-state index >= 15 is 0 Å². The van der Waals surface area contributed by atoms with Crippen LogP contribution in [0, 0.1) is 5.41 Å². The van der Waals surface area contributed by atoms with Crippen LogP contribution in [0.1, 0.15) is 58.3 Å². The summed E-state index contributed by atoms with van der Waals surface area (Å²) >= 11 is 0. The van der Waals surface area contributed by atoms with Crippen LogP contribution in [0.15, 0.2) is 94.0 Å². The minimum atomic E-state index is -0.0332. The fourth-order valence-corrected chi connectivity index (χ4v) is 4.72. The number of likely N-dealkylation sites (N-methyl/N-ethyl adjacent to an activating group) is 1. The molecule has 36 heavy (non-hydrogen) atoms. The molecule has 186 valence electrons. The minimum Gasteiger partial charge on any atom is -0.353 e. The summed E-state index contributed by atoms with van der Waals surface area (Å²) in [7, 11) is 2.03. The summed E-state index contributed by atoms with van der Waals surface area (Å²) in [5, 5.41) is 3.42. The number of aromatic nitrogens is 2. The van der Waals surface area contributed by atoms with Gasteiger partial charge in [-0.2, -0.15) is 0 Å². The highest BCUT2D eigenvalue weighted by molar-refractivity contribution is 6.02. The lowest BCUT2D eigenvalue weighted by Crippen LogP contribution is -2.35. The molecule has 2 aromatic rings. The van der Waals surface area contributed by atoms with Crippen LogP contribution in [0.2, 0.25) is 0 Å². The van der Waals surface area contributed by atoms with Crippen LogP contribution in [0.5, 0.6) is 0 Å². The molecular weight excluding hydrogens is 444 g/mol. The molecule has 0 bridgehead atoms. The maximum atomic E-state index is 5.24. The Morgan fingerprint density at radius 3 is 2.56 bits per heavy atom. The Kier molecular flexibility index (Phi) is 6.07. The van der Waals surface area contributed by atoms with E-state index in [9.17, 15) is 0 Å². The van der Waals surface area contributed by atoms with E-state index in [4.69, 9.17) is 9.98 Å². The first kappa shape index (κ1) is 24.0. The minimum absolute atomic E-state index is 0.0332. The number of fused-ring (bicyclic) bond motifs is 1. The Labute approximate surface area is 214 Å². The average molecular weight is 481 g/mol. The van der Waals surface area contributed by atoms with Crippen molar-refractivity contribution in [1.82, 2.24) is 19.8 Å². The van der Waals surface area contributed by atoms with E-state index in [1.165, 1.54) is 6.42 Å². The van der Waals surface area contributed by atoms with E-state index in [1.54, 1.807) is 0 Å². The monoisotopic (exact) mass is 480 g/mol. The Morgan fingerprint density at radius 2 is 1.92 bits per heavy atom. The van der Waals surface area contributed by atoms with Crippen LogP contribution < -0.4 is 5.32 Å². The van der Waals surface area contributed by atoms with E-state index in [0.717, 1.165) is 69.5 Å². The molecule has 0 saturated heterocycles. The molecule has 1 fully saturated rings. The van der Waals surface area contributed by atoms with Crippen molar-refractivity contribution in [3.8, 4) is 0 Å². The van der Waals surface area contributed by atoms with Crippen molar-refractivity contribution < 1.29 is 0 Å². The summed E-state index contributed by atoms with van der Waals surface area (Å²) in [6.45, 7) is 20.5. The molecule has 1 aromatic heterocycles. The summed E-state index contributed by atoms with van der Waals surface area (Å²) in [5.74, 6) is 1.67. The van der Waals surface area contributed by atoms with Crippen LogP contribution in [0.4, 0.5) is 0 Å². The second-order valence-corrected chi connectivity index (χ2v) is 10.9. The molecule has 0 spiro atoms. The average Bonchev–Trinajstić information content (AvgIpc) is 3.43. The summed E-state index contributed by atoms with van der Waals surface area (Å²) in [6, 6.07) is 8.80. The lowest BCUT2D eigenvalue weighted by Gasteiger charge is -2.35. The van der Waals surface area contributed by atoms with Crippen molar-refractivity contribution in [3.05, 3.63) is 89.8 Å². The van der Waals surface area contributed by atoms with Crippen molar-refractivity contribution in [2.45, 2.75) is 52.5 Å². The van der Waals surface area contributed by atoms with Crippen LogP contribution in [0.25, 0.3) is 11.0 Å². The molecule has 0 amide bonds. The highest BCUT2D eigenvalue weighted by Gasteiger charge is 2.33. The van der Waals surface area contributed by atoms with Gasteiger partial charge in [0.1, 0.15) is 0 Å². The number of para-hydroxylation sites is 2. The van der Waals surface area contributed by atoms with Gasteiger partial charge in [0.25, 0.3) is 0 Å². The van der Waals surface area contributed by atoms with Crippen LogP contribution >= 0.6 is 0 Å². The van der Waals surface area contributed by atoms with E-state index < -0.39 is 0 Å². The Bertz CT molecular complexity index is 1380. The topological polar surface area (TPSA) is 57.8 Å². The lowest BCUT2D eigenvalue weighted by atomic mass is 9.82. The molecule has 1 saturated carbocycles. The zero-order valence-corrected chi connectivity index (χ0v) is 21.9. The summed E-state index contributed by atoms with van der Waals surface area (Å²) in [6.07, 6.45) is 8.12. The first-order valence-electron chi connectivity index (χ1n) is 12.7. The van der Waals surface area contributed by atoms with E-state index in [1.807, 2.05) is 25.4 Å². The molecule has 5 rings (SSSR count). The molecule has 1 N–H and O–H groups in total. The summed E-state index contributed by atoms with van der Waals surface area (Å²) in [5.41, 5.74) is 7.61. The predicted octanol–water partition coefficient (Wildman–Crippen LogP) is 6.29. The number of amidine groups is 1. The number of allylic oxidation sites excluding steroid dienone is 3. The van der Waals surface area contributed by atoms with Crippen molar-refractivity contribution in [1.29, 1.82) is 0 Å². The maximum Gasteiger partial charge on any atom is 0.177 e. The molecule has 6 heteroatoms. The molecule has 1 aromatic carbocycles. The number of nitrogens with zero attached hydrogens (tertiary/aromatic N) is 5. The number of hydrogen-bond acceptors (Lipinski definition) is 5. The normalized spacial score (nSPS) is 18.4. The highest BCUT2D eigenvalue weighted by Crippen LogP contribution is 2.40. The lowest BCUT2D eigenvalue weighted by molar-refractivity contribution is 0.318. The second-order valence-electron chi connectivity index (χ2n) is 10.9. The Morgan fingerprint density at radius 1 is 1.17 bits per heavy atom. The van der Waals surface area contributed by atoms with Gasteiger partial charge in [-0.3, -0.25) is 4.99 Å². The predicted molar refractivity (Wildman–Crippen MR) is 150 cm³/mol. The molecule has 0 atom stereocenters. The van der Waals surface area contributed by atoms with Crippen LogP contribution in [-0.4, -0.2) is 40.1 Å². The van der Waals surface area contributed by atoms with Gasteiger partial charge < -0.3 is 14.8 Å². The van der Waals surface area contributed by atoms with Gasteiger partial charge in [-0.15, -0.1) is 0 Å². The largest absolute Gasteiger partial charge is 0.353 e. The Balaban J connectivity index is 1.65. The van der Waals surface area contributed by atoms with Gasteiger partial charge in [0.15, 0.2) is 11.7 Å². The standard InChI is InChI=1S/C30H36N6/c1-19(30(4,5)6)17-24-21(3)35(7)28(34-27(24)20(2)32-22-15-16-31-18-22)29-33-25-13-8-9-14-26(25)36(29)23-11-10-12-23/h8-9,13-15,18,23,32H,1-3,10-12,16-17H2,4-7H3. The first-order valence-corrected chi connectivity index (χ1v) is 12.7. The van der Waals surface area contributed by atoms with Gasteiger partial charge in [-0.25, -0.2) is 9.98 Å². The van der Waals surface area contributed by atoms with Crippen molar-refractivity contribution in [2.75, 3.05) is 13.6 Å². The number of aliphatic imine (C=N–C) groups is 2. The Hall–Kier alpha value is -3.67. The molecule has 3 heterocycles. The number of rotatable bonds is 7. The summed E-state index contributed by atoms with van der Waals surface area (Å²) < 4.78 is 2.38. The highest BCUT2D eigenvalue weighted by atomic mass is 15.3. The molecule has 6 nitrogen and oxygen atoms in total. The fraction of sp³-hybridized carbons (Fsp3) is 0.367. The number of nitrogens with one attached hydrogen (secondary N) is 1. The molecule has 0 unspecified atom stereocenters. The van der Waals surface area contributed by atoms with E-state index in [0.29, 0.717) is 19.0 Å². The van der Waals surface area contributed by atoms with Crippen molar-refractivity contribution >= 4 is 23.1 Å². The fourth-order valence-electron chi connectivity index (χ4n) is 4.72. The van der Waals surface area contributed by atoms with Gasteiger partial charge in [-0.05, 0) is 49.3 Å². The third-order valence-corrected chi connectivity index (χ3v) is 7.49. The third kappa shape index (κ3) is 4.25. The number of hydrogen-bond donors (Lipinski definition) is 1. The van der Waals surface area contributed by atoms with E-state index in [2.05, 4.69) is 78.5 Å². The zero-order valence-electron chi connectivity index (χ0n) is 21.9. The quantitative estimate of drug-likeness (QED) is 0.474. The van der Waals surface area contributed by atoms with Gasteiger partial charge in [0.2, 0.25) is 0 Å². The SMILES string of the molecule is C=C(NC1=CCN=C1)C1=C(CC(=C)C(C)(C)C)C(=C)N(C)C(c2nc3ccccc3n2C2CCC2)=N1. The van der Waals surface area contributed by atoms with Crippen LogP contribution in [-0.2, 0) is 0 Å². The first-order chi connectivity index (χ1) is 17.1. The molecule has 3 aliphatic rings. The van der Waals surface area contributed by atoms with Gasteiger partial charge in [-0.1, -0.05) is 58.2 Å². The molecular formula is C30H36N6. The second kappa shape index (κ2) is 9.08. The summed E-state index contributed by atoms with van der Waals surface area (Å²) in [4.78, 5) is 16.7. The molecule has 2 aliphatic heterocycles. The number of imidazole rings is 1. The van der Waals surface area contributed by atoms with Crippen LogP contribution in [0.3, 0.4) is 0 Å². The van der Waals surface area contributed by atoms with Crippen molar-refractivity contribution in [2.24, 2.45) is 15.4 Å². The van der Waals surface area contributed by atoms with Gasteiger partial charge >= 0.3 is 0 Å². The zero-order chi connectivity index (χ0) is 25.6. The van der Waals surface area contributed by atoms with Gasteiger partial charge in [0.05, 0.1) is 34.7 Å². The number of benzene rings is 1. The maximum absolute atomic E-state index is 5.24.